The molecule has 0 saturated carbocycles. The number of nitrogens with zero attached hydrogens (tertiary/aromatic N) is 3. The van der Waals surface area contributed by atoms with Crippen LogP contribution in [0, 0.1) is 28.6 Å². The molecule has 1 unspecified atom stereocenters. The third-order valence-corrected chi connectivity index (χ3v) is 2.20. The normalized spacial score (nSPS) is 9.63. The van der Waals surface area contributed by atoms with Crippen molar-refractivity contribution in [2.24, 2.45) is 5.41 Å². The number of anilines is 1. The highest BCUT2D eigenvalue weighted by Gasteiger charge is 2.12. The highest BCUT2D eigenvalue weighted by atomic mass is 31.0. The summed E-state index contributed by atoms with van der Waals surface area (Å²) in [5.74, 6) is 6.72. The Kier molecular flexibility index (Phi) is 7.05. The number of hydrogen-bond acceptors (Lipinski definition) is 4. The summed E-state index contributed by atoms with van der Waals surface area (Å²) in [6, 6.07) is 1.93. The average molecular weight is 276 g/mol. The molecule has 0 aromatic carbocycles. The molecule has 4 nitrogen and oxygen atoms in total. The van der Waals surface area contributed by atoms with Gasteiger partial charge in [0.2, 0.25) is 5.82 Å². The van der Waals surface area contributed by atoms with Gasteiger partial charge in [0.15, 0.2) is 0 Å². The third-order valence-electron chi connectivity index (χ3n) is 2.00. The molecule has 19 heavy (non-hydrogen) atoms. The van der Waals surface area contributed by atoms with Crippen LogP contribution in [0.5, 0.6) is 0 Å². The van der Waals surface area contributed by atoms with Crippen molar-refractivity contribution in [3.05, 3.63) is 17.6 Å². The largest absolute Gasteiger partial charge is 0.368 e. The van der Waals surface area contributed by atoms with Crippen LogP contribution in [0.15, 0.2) is 6.20 Å². The first kappa shape index (κ1) is 17.4. The molecule has 5 heteroatoms. The van der Waals surface area contributed by atoms with Crippen molar-refractivity contribution in [3.8, 4) is 17.9 Å². The van der Waals surface area contributed by atoms with Gasteiger partial charge in [0.05, 0.1) is 5.56 Å². The van der Waals surface area contributed by atoms with Crippen LogP contribution >= 0.6 is 9.24 Å². The van der Waals surface area contributed by atoms with E-state index >= 15 is 0 Å². The molecule has 1 atom stereocenters. The Morgan fingerprint density at radius 2 is 2.11 bits per heavy atom. The number of aromatic nitrogens is 2. The molecule has 0 fully saturated rings. The maximum Gasteiger partial charge on any atom is 0.234 e. The van der Waals surface area contributed by atoms with Crippen molar-refractivity contribution in [2.75, 3.05) is 18.0 Å². The summed E-state index contributed by atoms with van der Waals surface area (Å²) in [6.07, 6.45) is 2.28. The molecule has 1 N–H and O–H groups in total. The van der Waals surface area contributed by atoms with Gasteiger partial charge >= 0.3 is 0 Å². The zero-order valence-electron chi connectivity index (χ0n) is 10.9. The Hall–Kier alpha value is -1.64. The third kappa shape index (κ3) is 6.18. The lowest BCUT2D eigenvalue weighted by molar-refractivity contribution is 0.442. The molecule has 102 valence electrons. The smallest absolute Gasteiger partial charge is 0.234 e. The fraction of sp³-hybridized carbons (Fsp3) is 0.500. The van der Waals surface area contributed by atoms with Gasteiger partial charge in [-0.3, -0.25) is 0 Å². The maximum absolute atomic E-state index is 8.81. The van der Waals surface area contributed by atoms with Crippen molar-refractivity contribution in [3.63, 3.8) is 0 Å². The molecule has 1 heterocycles. The van der Waals surface area contributed by atoms with Gasteiger partial charge in [-0.25, -0.2) is 9.97 Å². The Bertz CT molecular complexity index is 515. The molecule has 1 rings (SSSR count). The number of nitriles is 1. The van der Waals surface area contributed by atoms with E-state index in [0.29, 0.717) is 12.0 Å². The van der Waals surface area contributed by atoms with Crippen LogP contribution in [0.2, 0.25) is 0 Å². The highest BCUT2D eigenvalue weighted by Crippen LogP contribution is 2.16. The second-order valence-corrected chi connectivity index (χ2v) is 5.40. The van der Waals surface area contributed by atoms with Crippen molar-refractivity contribution < 1.29 is 0 Å². The summed E-state index contributed by atoms with van der Waals surface area (Å²) < 4.78 is 0. The Morgan fingerprint density at radius 3 is 2.63 bits per heavy atom. The first-order valence-corrected chi connectivity index (χ1v) is 6.48. The van der Waals surface area contributed by atoms with E-state index in [4.69, 9.17) is 5.26 Å². The van der Waals surface area contributed by atoms with Crippen LogP contribution in [0.3, 0.4) is 0 Å². The molecule has 0 aliphatic rings. The fourth-order valence-electron chi connectivity index (χ4n) is 1.16. The second kappa shape index (κ2) is 7.72. The summed E-state index contributed by atoms with van der Waals surface area (Å²) >= 11 is 0. The first-order chi connectivity index (χ1) is 8.46. The maximum atomic E-state index is 8.81. The molecular formula is C14H21N4P. The van der Waals surface area contributed by atoms with Gasteiger partial charge in [-0.1, -0.05) is 40.0 Å². The average Bonchev–Trinajstić information content (AvgIpc) is 2.33. The van der Waals surface area contributed by atoms with Gasteiger partial charge < -0.3 is 5.32 Å². The topological polar surface area (TPSA) is 61.6 Å². The monoisotopic (exact) mass is 276 g/mol. The summed E-state index contributed by atoms with van der Waals surface area (Å²) in [4.78, 5) is 8.09. The molecule has 1 aromatic rings. The fourth-order valence-corrected chi connectivity index (χ4v) is 1.26. The lowest BCUT2D eigenvalue weighted by Crippen LogP contribution is -2.20. The van der Waals surface area contributed by atoms with E-state index in [1.165, 1.54) is 0 Å². The van der Waals surface area contributed by atoms with Crippen LogP contribution in [-0.4, -0.2) is 22.7 Å². The van der Waals surface area contributed by atoms with E-state index in [1.807, 2.05) is 6.07 Å². The van der Waals surface area contributed by atoms with E-state index in [1.54, 1.807) is 6.20 Å². The van der Waals surface area contributed by atoms with Gasteiger partial charge in [-0.15, -0.1) is 9.24 Å². The Labute approximate surface area is 118 Å². The zero-order valence-corrected chi connectivity index (χ0v) is 12.1. The number of rotatable bonds is 2. The van der Waals surface area contributed by atoms with Crippen LogP contribution < -0.4 is 5.32 Å². The van der Waals surface area contributed by atoms with Crippen LogP contribution in [0.1, 0.15) is 39.6 Å². The predicted molar refractivity (Wildman–Crippen MR) is 82.9 cm³/mol. The van der Waals surface area contributed by atoms with E-state index in [2.05, 4.69) is 57.1 Å². The zero-order chi connectivity index (χ0) is 13.6. The summed E-state index contributed by atoms with van der Waals surface area (Å²) in [7, 11) is 2.54. The van der Waals surface area contributed by atoms with Gasteiger partial charge in [-0.2, -0.15) is 5.26 Å². The summed E-state index contributed by atoms with van der Waals surface area (Å²) in [6.45, 7) is 7.13. The lowest BCUT2D eigenvalue weighted by atomic mass is 9.97. The minimum Gasteiger partial charge on any atom is -0.368 e. The van der Waals surface area contributed by atoms with Crippen LogP contribution in [0.25, 0.3) is 0 Å². The molecule has 1 aromatic heterocycles. The molecular weight excluding hydrogens is 255 g/mol. The molecule has 0 radical (unpaired) electrons. The summed E-state index contributed by atoms with van der Waals surface area (Å²) in [5, 5.41) is 12.0. The molecule has 0 aliphatic heterocycles. The Morgan fingerprint density at radius 1 is 1.42 bits per heavy atom. The lowest BCUT2D eigenvalue weighted by Gasteiger charge is -2.19. The van der Waals surface area contributed by atoms with Gasteiger partial charge in [0.25, 0.3) is 0 Å². The predicted octanol–water partition coefficient (Wildman–Crippen LogP) is 2.67. The standard InChI is InChI=1S/C13H17N4P.CH4/c1-13(2,3)9-16-12-10(5-4-6-18)8-15-11(7-14)17-12;/h8H,6,9,18H2,1-3H3,(H,15,16,17);1H4. The van der Waals surface area contributed by atoms with Gasteiger partial charge in [0.1, 0.15) is 11.9 Å². The molecule has 0 bridgehead atoms. The number of hydrogen-bond donors (Lipinski definition) is 1. The van der Waals surface area contributed by atoms with Crippen LogP contribution in [0.4, 0.5) is 5.82 Å². The molecule has 0 amide bonds. The van der Waals surface area contributed by atoms with Gasteiger partial charge in [-0.05, 0) is 5.41 Å². The SMILES string of the molecule is C.CC(C)(C)CNc1nc(C#N)ncc1C#CCP. The quantitative estimate of drug-likeness (QED) is 0.666. The van der Waals surface area contributed by atoms with Crippen molar-refractivity contribution in [2.45, 2.75) is 28.2 Å². The van der Waals surface area contributed by atoms with Crippen molar-refractivity contribution >= 4 is 15.1 Å². The van der Waals surface area contributed by atoms with Crippen molar-refractivity contribution in [1.82, 2.24) is 9.97 Å². The van der Waals surface area contributed by atoms with E-state index < -0.39 is 0 Å². The minimum absolute atomic E-state index is 0. The molecule has 0 spiro atoms. The Balaban J connectivity index is 0.00000324. The first-order valence-electron chi connectivity index (χ1n) is 5.66. The molecule has 0 saturated heterocycles. The molecule has 0 aliphatic carbocycles. The van der Waals surface area contributed by atoms with Crippen LogP contribution in [-0.2, 0) is 0 Å². The highest BCUT2D eigenvalue weighted by molar-refractivity contribution is 7.16. The number of nitrogens with one attached hydrogen (secondary N) is 1. The minimum atomic E-state index is 0. The van der Waals surface area contributed by atoms with E-state index in [-0.39, 0.29) is 18.7 Å². The van der Waals surface area contributed by atoms with E-state index in [9.17, 15) is 0 Å². The van der Waals surface area contributed by atoms with Crippen molar-refractivity contribution in [1.29, 1.82) is 5.26 Å². The van der Waals surface area contributed by atoms with E-state index in [0.717, 1.165) is 12.1 Å². The van der Waals surface area contributed by atoms with Gasteiger partial charge in [0, 0.05) is 18.9 Å². The summed E-state index contributed by atoms with van der Waals surface area (Å²) in [5.41, 5.74) is 0.851. The second-order valence-electron chi connectivity index (χ2n) is 4.99.